The predicted octanol–water partition coefficient (Wildman–Crippen LogP) is 8.31. The molecular weight excluding hydrogens is 526 g/mol. The highest BCUT2D eigenvalue weighted by molar-refractivity contribution is 5.97. The van der Waals surface area contributed by atoms with Crippen LogP contribution in [0.25, 0.3) is 33.1 Å². The van der Waals surface area contributed by atoms with Gasteiger partial charge in [-0.1, -0.05) is 54.6 Å². The van der Waals surface area contributed by atoms with Crippen molar-refractivity contribution in [2.75, 3.05) is 11.9 Å². The smallest absolute Gasteiger partial charge is 0.335 e. The Hall–Kier alpha value is -5.36. The number of amides is 1. The molecule has 6 nitrogen and oxygen atoms in total. The lowest BCUT2D eigenvalue weighted by atomic mass is 9.89. The number of carboxylic acid groups (broad SMARTS) is 1. The van der Waals surface area contributed by atoms with Gasteiger partial charge >= 0.3 is 5.97 Å². The van der Waals surface area contributed by atoms with Crippen LogP contribution in [0.2, 0.25) is 0 Å². The normalized spacial score (nSPS) is 11.8. The van der Waals surface area contributed by atoms with E-state index in [9.17, 15) is 14.7 Å². The van der Waals surface area contributed by atoms with Gasteiger partial charge in [0.25, 0.3) is 0 Å². The first kappa shape index (κ1) is 26.8. The van der Waals surface area contributed by atoms with E-state index >= 15 is 0 Å². The lowest BCUT2D eigenvalue weighted by molar-refractivity contribution is -0.117. The van der Waals surface area contributed by atoms with Gasteiger partial charge in [0.2, 0.25) is 5.91 Å². The molecular formula is C36H29NO5. The Bertz CT molecular complexity index is 1850. The highest BCUT2D eigenvalue weighted by Gasteiger charge is 2.22. The van der Waals surface area contributed by atoms with E-state index < -0.39 is 11.9 Å². The first-order valence-electron chi connectivity index (χ1n) is 13.9. The number of hydrogen-bond acceptors (Lipinski definition) is 4. The second kappa shape index (κ2) is 11.6. The number of carboxylic acids is 1. The second-order valence-corrected chi connectivity index (χ2v) is 10.2. The van der Waals surface area contributed by atoms with Crippen molar-refractivity contribution < 1.29 is 23.8 Å². The van der Waals surface area contributed by atoms with Crippen LogP contribution in [-0.2, 0) is 11.2 Å². The van der Waals surface area contributed by atoms with Gasteiger partial charge in [0.15, 0.2) is 0 Å². The predicted molar refractivity (Wildman–Crippen MR) is 165 cm³/mol. The zero-order chi connectivity index (χ0) is 29.1. The Balaban J connectivity index is 1.27. The van der Waals surface area contributed by atoms with Gasteiger partial charge in [-0.3, -0.25) is 4.79 Å². The summed E-state index contributed by atoms with van der Waals surface area (Å²) in [7, 11) is 0. The number of para-hydroxylation sites is 1. The Labute approximate surface area is 243 Å². The van der Waals surface area contributed by atoms with Gasteiger partial charge in [-0.2, -0.15) is 0 Å². The molecule has 1 aromatic heterocycles. The summed E-state index contributed by atoms with van der Waals surface area (Å²) >= 11 is 0. The van der Waals surface area contributed by atoms with E-state index in [1.807, 2.05) is 97.9 Å². The minimum atomic E-state index is -0.983. The largest absolute Gasteiger partial charge is 0.494 e. The molecule has 6 heteroatoms. The number of carbonyl (C=O) groups is 2. The maximum atomic E-state index is 13.8. The second-order valence-electron chi connectivity index (χ2n) is 10.2. The van der Waals surface area contributed by atoms with Crippen LogP contribution in [0.5, 0.6) is 5.75 Å². The number of ether oxygens (including phenoxy) is 1. The van der Waals surface area contributed by atoms with E-state index in [-0.39, 0.29) is 11.5 Å². The lowest BCUT2D eigenvalue weighted by Gasteiger charge is -2.19. The fraction of sp³-hybridized carbons (Fsp3) is 0.111. The topological polar surface area (TPSA) is 88.8 Å². The monoisotopic (exact) mass is 555 g/mol. The zero-order valence-electron chi connectivity index (χ0n) is 23.0. The molecule has 5 aromatic carbocycles. The quantitative estimate of drug-likeness (QED) is 0.187. The van der Waals surface area contributed by atoms with Crippen molar-refractivity contribution in [3.05, 3.63) is 132 Å². The van der Waals surface area contributed by atoms with Crippen LogP contribution >= 0.6 is 0 Å². The molecule has 0 bridgehead atoms. The SMILES string of the molecule is CCOc1ccc2cc(C(Cc3ccc(C(=O)O)cc3)C(=O)Nc3ccc(-c4cc5ccccc5o4)cc3)ccc2c1. The molecule has 0 aliphatic heterocycles. The van der Waals surface area contributed by atoms with Crippen LogP contribution in [-0.4, -0.2) is 23.6 Å². The number of rotatable bonds is 9. The fourth-order valence-electron chi connectivity index (χ4n) is 5.17. The van der Waals surface area contributed by atoms with Crippen LogP contribution in [0.3, 0.4) is 0 Å². The van der Waals surface area contributed by atoms with Crippen LogP contribution in [0, 0.1) is 0 Å². The Morgan fingerprint density at radius 2 is 1.55 bits per heavy atom. The maximum absolute atomic E-state index is 13.8. The third-order valence-corrected chi connectivity index (χ3v) is 7.37. The standard InChI is InChI=1S/C36H29NO5/c1-2-41-31-18-15-26-20-28(12-11-27(26)21-31)32(19-23-7-9-25(10-8-23)36(39)40)35(38)37-30-16-13-24(14-17-30)34-22-29-5-3-4-6-33(29)42-34/h3-18,20-22,32H,2,19H2,1H3,(H,37,38)(H,39,40). The van der Waals surface area contributed by atoms with E-state index in [4.69, 9.17) is 9.15 Å². The first-order chi connectivity index (χ1) is 20.5. The minimum Gasteiger partial charge on any atom is -0.494 e. The molecule has 0 spiro atoms. The Morgan fingerprint density at radius 1 is 0.810 bits per heavy atom. The number of furan rings is 1. The molecule has 1 heterocycles. The van der Waals surface area contributed by atoms with Crippen molar-refractivity contribution in [3.8, 4) is 17.1 Å². The van der Waals surface area contributed by atoms with Crippen molar-refractivity contribution in [1.82, 2.24) is 0 Å². The third-order valence-electron chi connectivity index (χ3n) is 7.37. The van der Waals surface area contributed by atoms with Gasteiger partial charge in [0.05, 0.1) is 18.1 Å². The minimum absolute atomic E-state index is 0.154. The van der Waals surface area contributed by atoms with E-state index in [1.165, 1.54) is 0 Å². The van der Waals surface area contributed by atoms with Crippen molar-refractivity contribution in [2.45, 2.75) is 19.3 Å². The highest BCUT2D eigenvalue weighted by Crippen LogP contribution is 2.31. The summed E-state index contributed by atoms with van der Waals surface area (Å²) in [5.41, 5.74) is 4.36. The van der Waals surface area contributed by atoms with Crippen molar-refractivity contribution in [1.29, 1.82) is 0 Å². The molecule has 1 atom stereocenters. The summed E-state index contributed by atoms with van der Waals surface area (Å²) in [6, 6.07) is 36.1. The number of benzene rings is 5. The zero-order valence-corrected chi connectivity index (χ0v) is 23.0. The summed E-state index contributed by atoms with van der Waals surface area (Å²) in [6.07, 6.45) is 0.408. The van der Waals surface area contributed by atoms with Gasteiger partial charge in [-0.15, -0.1) is 0 Å². The number of aromatic carboxylic acids is 1. The Kier molecular flexibility index (Phi) is 7.43. The van der Waals surface area contributed by atoms with Gasteiger partial charge < -0.3 is 19.6 Å². The van der Waals surface area contributed by atoms with Crippen molar-refractivity contribution in [2.24, 2.45) is 0 Å². The molecule has 2 N–H and O–H groups in total. The average Bonchev–Trinajstić information content (AvgIpc) is 3.45. The maximum Gasteiger partial charge on any atom is 0.335 e. The molecule has 6 aromatic rings. The first-order valence-corrected chi connectivity index (χ1v) is 13.9. The number of hydrogen-bond donors (Lipinski definition) is 2. The number of nitrogens with one attached hydrogen (secondary N) is 1. The molecule has 0 fully saturated rings. The number of carbonyl (C=O) groups excluding carboxylic acids is 1. The summed E-state index contributed by atoms with van der Waals surface area (Å²) in [6.45, 7) is 2.54. The summed E-state index contributed by atoms with van der Waals surface area (Å²) < 4.78 is 11.6. The summed E-state index contributed by atoms with van der Waals surface area (Å²) in [4.78, 5) is 25.1. The highest BCUT2D eigenvalue weighted by atomic mass is 16.5. The van der Waals surface area contributed by atoms with Gasteiger partial charge in [0.1, 0.15) is 17.1 Å². The third kappa shape index (κ3) is 5.74. The molecule has 0 aliphatic rings. The molecule has 6 rings (SSSR count). The van der Waals surface area contributed by atoms with Crippen LogP contribution in [0.4, 0.5) is 5.69 Å². The molecule has 0 saturated heterocycles. The van der Waals surface area contributed by atoms with Gasteiger partial charge in [-0.05, 0) is 95.9 Å². The van der Waals surface area contributed by atoms with Gasteiger partial charge in [-0.25, -0.2) is 4.79 Å². The molecule has 0 saturated carbocycles. The average molecular weight is 556 g/mol. The van der Waals surface area contributed by atoms with E-state index in [0.717, 1.165) is 49.9 Å². The van der Waals surface area contributed by atoms with Crippen molar-refractivity contribution >= 4 is 39.3 Å². The van der Waals surface area contributed by atoms with E-state index in [0.29, 0.717) is 18.7 Å². The fourth-order valence-corrected chi connectivity index (χ4v) is 5.17. The molecule has 208 valence electrons. The molecule has 0 radical (unpaired) electrons. The molecule has 0 aliphatic carbocycles. The van der Waals surface area contributed by atoms with E-state index in [2.05, 4.69) is 5.32 Å². The van der Waals surface area contributed by atoms with E-state index in [1.54, 1.807) is 24.3 Å². The molecule has 1 amide bonds. The van der Waals surface area contributed by atoms with Crippen LogP contribution in [0.1, 0.15) is 34.3 Å². The number of fused-ring (bicyclic) bond motifs is 2. The van der Waals surface area contributed by atoms with Gasteiger partial charge in [0, 0.05) is 16.6 Å². The molecule has 1 unspecified atom stereocenters. The summed E-state index contributed by atoms with van der Waals surface area (Å²) in [5, 5.41) is 15.4. The molecule has 42 heavy (non-hydrogen) atoms. The Morgan fingerprint density at radius 3 is 2.29 bits per heavy atom. The van der Waals surface area contributed by atoms with Crippen LogP contribution < -0.4 is 10.1 Å². The van der Waals surface area contributed by atoms with Crippen LogP contribution in [0.15, 0.2) is 120 Å². The van der Waals surface area contributed by atoms with Crippen molar-refractivity contribution in [3.63, 3.8) is 0 Å². The lowest BCUT2D eigenvalue weighted by Crippen LogP contribution is -2.23. The number of anilines is 1. The summed E-state index contributed by atoms with van der Waals surface area (Å²) in [5.74, 6) is -0.0780.